The molecule has 2 aliphatic heterocycles. The maximum atomic E-state index is 13.3. The maximum Gasteiger partial charge on any atom is 0.237 e. The van der Waals surface area contributed by atoms with Crippen LogP contribution in [0.3, 0.4) is 0 Å². The normalized spacial score (nSPS) is 26.4. The van der Waals surface area contributed by atoms with E-state index in [4.69, 9.17) is 23.2 Å². The number of nitrogens with zero attached hydrogens (tertiary/aromatic N) is 2. The van der Waals surface area contributed by atoms with Crippen LogP contribution in [0.1, 0.15) is 30.9 Å². The number of carbonyl (C=O) groups excluding carboxylic acids is 4. The van der Waals surface area contributed by atoms with Gasteiger partial charge in [0, 0.05) is 16.5 Å². The number of allylic oxidation sites excluding steroid dienone is 1. The monoisotopic (exact) mass is 510 g/mol. The fraction of sp³-hybridized carbons (Fsp3) is 0.333. The molecule has 0 radical (unpaired) electrons. The summed E-state index contributed by atoms with van der Waals surface area (Å²) in [5.41, 5.74) is 2.19. The van der Waals surface area contributed by atoms with Crippen LogP contribution in [0.15, 0.2) is 60.2 Å². The highest BCUT2D eigenvalue weighted by Gasteiger charge is 2.53. The van der Waals surface area contributed by atoms with E-state index in [1.165, 1.54) is 9.80 Å². The molecule has 1 aliphatic carbocycles. The standard InChI is InChI=1S/C27H24Cl2N2O4/c1-15-10-18(19-12-23(32)30(25(19)33)13-16-6-2-4-8-21(16)28)11-20-24(15)27(35)31(26(20)34)14-17-7-3-5-9-22(17)29/h2-10,18-20,24H,11-14H2,1H3/t18-,19-,20-,24-/m0/s1. The highest BCUT2D eigenvalue weighted by molar-refractivity contribution is 6.31. The van der Waals surface area contributed by atoms with Gasteiger partial charge in [0.2, 0.25) is 23.6 Å². The molecular weight excluding hydrogens is 487 g/mol. The van der Waals surface area contributed by atoms with Gasteiger partial charge in [0.05, 0.1) is 30.8 Å². The number of amides is 4. The van der Waals surface area contributed by atoms with Crippen LogP contribution in [0.4, 0.5) is 0 Å². The van der Waals surface area contributed by atoms with E-state index in [2.05, 4.69) is 0 Å². The van der Waals surface area contributed by atoms with E-state index < -0.39 is 17.8 Å². The van der Waals surface area contributed by atoms with Gasteiger partial charge < -0.3 is 0 Å². The van der Waals surface area contributed by atoms with Gasteiger partial charge in [0.1, 0.15) is 0 Å². The van der Waals surface area contributed by atoms with Crippen molar-refractivity contribution in [2.75, 3.05) is 0 Å². The highest BCUT2D eigenvalue weighted by atomic mass is 35.5. The molecule has 4 atom stereocenters. The molecule has 5 rings (SSSR count). The summed E-state index contributed by atoms with van der Waals surface area (Å²) in [6.07, 6.45) is 2.36. The highest BCUT2D eigenvalue weighted by Crippen LogP contribution is 2.45. The summed E-state index contributed by atoms with van der Waals surface area (Å²) in [6, 6.07) is 14.3. The summed E-state index contributed by atoms with van der Waals surface area (Å²) >= 11 is 12.5. The van der Waals surface area contributed by atoms with Crippen LogP contribution in [-0.4, -0.2) is 33.4 Å². The molecule has 8 heteroatoms. The summed E-state index contributed by atoms with van der Waals surface area (Å²) in [5, 5.41) is 1.00. The number of likely N-dealkylation sites (tertiary alicyclic amines) is 2. The van der Waals surface area contributed by atoms with Gasteiger partial charge >= 0.3 is 0 Å². The molecule has 4 amide bonds. The largest absolute Gasteiger partial charge is 0.278 e. The van der Waals surface area contributed by atoms with Gasteiger partial charge in [-0.3, -0.25) is 29.0 Å². The molecule has 2 heterocycles. The van der Waals surface area contributed by atoms with Crippen molar-refractivity contribution >= 4 is 46.8 Å². The topological polar surface area (TPSA) is 74.8 Å². The second-order valence-electron chi connectivity index (χ2n) is 9.47. The number of hydrogen-bond donors (Lipinski definition) is 0. The van der Waals surface area contributed by atoms with E-state index in [0.717, 1.165) is 5.57 Å². The smallest absolute Gasteiger partial charge is 0.237 e. The van der Waals surface area contributed by atoms with E-state index in [1.54, 1.807) is 36.4 Å². The van der Waals surface area contributed by atoms with Gasteiger partial charge in [0.15, 0.2) is 0 Å². The Labute approximate surface area is 213 Å². The minimum atomic E-state index is -0.554. The van der Waals surface area contributed by atoms with Crippen molar-refractivity contribution in [1.82, 2.24) is 9.80 Å². The molecule has 0 bridgehead atoms. The lowest BCUT2D eigenvalue weighted by atomic mass is 9.71. The molecule has 2 aromatic rings. The van der Waals surface area contributed by atoms with Crippen LogP contribution in [0.25, 0.3) is 0 Å². The number of rotatable bonds is 5. The molecule has 2 saturated heterocycles. The number of hydrogen-bond acceptors (Lipinski definition) is 4. The lowest BCUT2D eigenvalue weighted by molar-refractivity contribution is -0.142. The van der Waals surface area contributed by atoms with Crippen LogP contribution in [-0.2, 0) is 32.3 Å². The Morgan fingerprint density at radius 3 is 1.91 bits per heavy atom. The lowest BCUT2D eigenvalue weighted by Gasteiger charge is -2.29. The van der Waals surface area contributed by atoms with Crippen LogP contribution in [0.5, 0.6) is 0 Å². The van der Waals surface area contributed by atoms with Crippen molar-refractivity contribution in [1.29, 1.82) is 0 Å². The van der Waals surface area contributed by atoms with Gasteiger partial charge in [-0.25, -0.2) is 0 Å². The third-order valence-corrected chi connectivity index (χ3v) is 8.12. The average Bonchev–Trinajstić information content (AvgIpc) is 3.24. The minimum absolute atomic E-state index is 0.0839. The predicted octanol–water partition coefficient (Wildman–Crippen LogP) is 4.64. The summed E-state index contributed by atoms with van der Waals surface area (Å²) in [4.78, 5) is 55.1. The second-order valence-corrected chi connectivity index (χ2v) is 10.3. The fourth-order valence-electron chi connectivity index (χ4n) is 5.58. The first kappa shape index (κ1) is 23.8. The molecule has 0 spiro atoms. The number of benzene rings is 2. The third-order valence-electron chi connectivity index (χ3n) is 7.38. The van der Waals surface area contributed by atoms with Crippen molar-refractivity contribution in [3.05, 3.63) is 81.4 Å². The lowest BCUT2D eigenvalue weighted by Crippen LogP contribution is -2.34. The maximum absolute atomic E-state index is 13.3. The number of fused-ring (bicyclic) bond motifs is 1. The van der Waals surface area contributed by atoms with Crippen LogP contribution < -0.4 is 0 Å². The molecule has 2 fully saturated rings. The predicted molar refractivity (Wildman–Crippen MR) is 131 cm³/mol. The van der Waals surface area contributed by atoms with Crippen molar-refractivity contribution in [3.63, 3.8) is 0 Å². The summed E-state index contributed by atoms with van der Waals surface area (Å²) < 4.78 is 0. The fourth-order valence-corrected chi connectivity index (χ4v) is 5.97. The molecular formula is C27H24Cl2N2O4. The molecule has 180 valence electrons. The Balaban J connectivity index is 1.34. The Morgan fingerprint density at radius 1 is 0.771 bits per heavy atom. The zero-order valence-corrected chi connectivity index (χ0v) is 20.6. The van der Waals surface area contributed by atoms with Crippen LogP contribution in [0, 0.1) is 23.7 Å². The molecule has 35 heavy (non-hydrogen) atoms. The Bertz CT molecular complexity index is 1270. The zero-order valence-electron chi connectivity index (χ0n) is 19.1. The van der Waals surface area contributed by atoms with Gasteiger partial charge in [-0.2, -0.15) is 0 Å². The summed E-state index contributed by atoms with van der Waals surface area (Å²) in [6.45, 7) is 2.07. The Hall–Kier alpha value is -2.96. The van der Waals surface area contributed by atoms with Crippen LogP contribution >= 0.6 is 23.2 Å². The molecule has 0 saturated carbocycles. The molecule has 0 N–H and O–H groups in total. The minimum Gasteiger partial charge on any atom is -0.278 e. The molecule has 0 unspecified atom stereocenters. The Kier molecular flexibility index (Phi) is 6.28. The van der Waals surface area contributed by atoms with Crippen molar-refractivity contribution in [2.24, 2.45) is 23.7 Å². The molecule has 2 aromatic carbocycles. The van der Waals surface area contributed by atoms with Crippen LogP contribution in [0.2, 0.25) is 10.0 Å². The first-order valence-corrected chi connectivity index (χ1v) is 12.4. The van der Waals surface area contributed by atoms with Crippen molar-refractivity contribution < 1.29 is 19.2 Å². The first-order valence-electron chi connectivity index (χ1n) is 11.6. The average molecular weight is 511 g/mol. The number of imide groups is 2. The first-order chi connectivity index (χ1) is 16.8. The molecule has 6 nitrogen and oxygen atoms in total. The second kappa shape index (κ2) is 9.25. The van der Waals surface area contributed by atoms with E-state index in [-0.39, 0.29) is 49.1 Å². The number of halogens is 2. The SMILES string of the molecule is CC1=C[C@H]([C@@H]2CC(=O)N(Cc3ccccc3Cl)C2=O)C[C@@H]2C(=O)N(Cc3ccccc3Cl)C(=O)[C@@H]12. The summed E-state index contributed by atoms with van der Waals surface area (Å²) in [7, 11) is 0. The molecule has 3 aliphatic rings. The van der Waals surface area contributed by atoms with E-state index in [0.29, 0.717) is 27.6 Å². The molecule has 0 aromatic heterocycles. The van der Waals surface area contributed by atoms with E-state index in [9.17, 15) is 19.2 Å². The van der Waals surface area contributed by atoms with Crippen molar-refractivity contribution in [2.45, 2.75) is 32.9 Å². The van der Waals surface area contributed by atoms with Crippen molar-refractivity contribution in [3.8, 4) is 0 Å². The third kappa shape index (κ3) is 4.19. The van der Waals surface area contributed by atoms with Gasteiger partial charge in [-0.05, 0) is 42.5 Å². The van der Waals surface area contributed by atoms with Gasteiger partial charge in [-0.1, -0.05) is 71.2 Å². The number of carbonyl (C=O) groups is 4. The van der Waals surface area contributed by atoms with E-state index in [1.807, 2.05) is 25.1 Å². The van der Waals surface area contributed by atoms with Gasteiger partial charge in [-0.15, -0.1) is 0 Å². The zero-order chi connectivity index (χ0) is 24.9. The Morgan fingerprint density at radius 2 is 1.31 bits per heavy atom. The quantitative estimate of drug-likeness (QED) is 0.433. The summed E-state index contributed by atoms with van der Waals surface area (Å²) in [5.74, 6) is -2.91. The van der Waals surface area contributed by atoms with E-state index >= 15 is 0 Å². The van der Waals surface area contributed by atoms with Gasteiger partial charge in [0.25, 0.3) is 0 Å².